The quantitative estimate of drug-likeness (QED) is 0.700. The first kappa shape index (κ1) is 8.90. The summed E-state index contributed by atoms with van der Waals surface area (Å²) in [5.41, 5.74) is 0. The summed E-state index contributed by atoms with van der Waals surface area (Å²) >= 11 is 5.03. The maximum atomic E-state index is 5.69. The highest BCUT2D eigenvalue weighted by atomic mass is 32.1. The van der Waals surface area contributed by atoms with E-state index < -0.39 is 0 Å². The van der Waals surface area contributed by atoms with Crippen LogP contribution < -0.4 is 0 Å². The second-order valence-electron chi connectivity index (χ2n) is 3.46. The van der Waals surface area contributed by atoms with E-state index in [1.54, 1.807) is 0 Å². The van der Waals surface area contributed by atoms with Crippen LogP contribution in [-0.4, -0.2) is 20.9 Å². The standard InChI is InChI=1S/C8H13N3OS/c1-5-3-4-6(12-5)7-9-10-8(13)11(7)2/h5-6H,3-4H2,1-2H3,(H,10,13). The van der Waals surface area contributed by atoms with Gasteiger partial charge < -0.3 is 9.30 Å². The van der Waals surface area contributed by atoms with E-state index in [4.69, 9.17) is 17.0 Å². The summed E-state index contributed by atoms with van der Waals surface area (Å²) < 4.78 is 8.22. The van der Waals surface area contributed by atoms with Crippen LogP contribution in [0.15, 0.2) is 0 Å². The Labute approximate surface area is 81.9 Å². The molecule has 2 atom stereocenters. The molecular weight excluding hydrogens is 186 g/mol. The van der Waals surface area contributed by atoms with Crippen molar-refractivity contribution in [2.45, 2.75) is 32.0 Å². The predicted octanol–water partition coefficient (Wildman–Crippen LogP) is 1.72. The number of ether oxygens (including phenoxy) is 1. The van der Waals surface area contributed by atoms with Crippen LogP contribution in [0.1, 0.15) is 31.7 Å². The van der Waals surface area contributed by atoms with Crippen LogP contribution >= 0.6 is 12.2 Å². The maximum Gasteiger partial charge on any atom is 0.194 e. The average Bonchev–Trinajstić information content (AvgIpc) is 2.62. The molecule has 72 valence electrons. The summed E-state index contributed by atoms with van der Waals surface area (Å²) in [4.78, 5) is 0. The lowest BCUT2D eigenvalue weighted by molar-refractivity contribution is 0.0485. The molecular formula is C8H13N3OS. The Morgan fingerprint density at radius 1 is 1.62 bits per heavy atom. The molecule has 2 heterocycles. The summed E-state index contributed by atoms with van der Waals surface area (Å²) in [6.07, 6.45) is 2.60. The number of nitrogens with one attached hydrogen (secondary N) is 1. The van der Waals surface area contributed by atoms with Gasteiger partial charge in [0, 0.05) is 7.05 Å². The van der Waals surface area contributed by atoms with Crippen molar-refractivity contribution >= 4 is 12.2 Å². The molecule has 0 aromatic carbocycles. The number of rotatable bonds is 1. The van der Waals surface area contributed by atoms with Crippen molar-refractivity contribution in [1.29, 1.82) is 0 Å². The van der Waals surface area contributed by atoms with E-state index >= 15 is 0 Å². The fourth-order valence-corrected chi connectivity index (χ4v) is 1.78. The molecule has 13 heavy (non-hydrogen) atoms. The molecule has 5 heteroatoms. The van der Waals surface area contributed by atoms with E-state index in [0.29, 0.717) is 10.9 Å². The lowest BCUT2D eigenvalue weighted by Crippen LogP contribution is -2.07. The number of aromatic nitrogens is 3. The lowest BCUT2D eigenvalue weighted by atomic mass is 10.2. The molecule has 2 rings (SSSR count). The van der Waals surface area contributed by atoms with Gasteiger partial charge in [-0.05, 0) is 32.0 Å². The van der Waals surface area contributed by atoms with Crippen LogP contribution in [0, 0.1) is 4.77 Å². The van der Waals surface area contributed by atoms with Crippen molar-refractivity contribution in [3.05, 3.63) is 10.6 Å². The lowest BCUT2D eigenvalue weighted by Gasteiger charge is -2.09. The highest BCUT2D eigenvalue weighted by Gasteiger charge is 2.26. The summed E-state index contributed by atoms with van der Waals surface area (Å²) in [5, 5.41) is 6.92. The molecule has 1 fully saturated rings. The van der Waals surface area contributed by atoms with Gasteiger partial charge >= 0.3 is 0 Å². The van der Waals surface area contributed by atoms with Gasteiger partial charge in [-0.15, -0.1) is 0 Å². The van der Waals surface area contributed by atoms with Gasteiger partial charge in [0.05, 0.1) is 6.10 Å². The largest absolute Gasteiger partial charge is 0.367 e. The van der Waals surface area contributed by atoms with Crippen LogP contribution in [0.4, 0.5) is 0 Å². The van der Waals surface area contributed by atoms with Gasteiger partial charge in [-0.1, -0.05) is 0 Å². The Morgan fingerprint density at radius 3 is 2.85 bits per heavy atom. The molecule has 1 aromatic heterocycles. The molecule has 1 aliphatic rings. The molecule has 0 spiro atoms. The van der Waals surface area contributed by atoms with Gasteiger partial charge in [0.2, 0.25) is 0 Å². The molecule has 1 N–H and O–H groups in total. The van der Waals surface area contributed by atoms with Crippen molar-refractivity contribution in [1.82, 2.24) is 14.8 Å². The van der Waals surface area contributed by atoms with Gasteiger partial charge in [0.25, 0.3) is 0 Å². The molecule has 0 saturated carbocycles. The van der Waals surface area contributed by atoms with Gasteiger partial charge in [0.15, 0.2) is 10.6 Å². The third-order valence-corrected chi connectivity index (χ3v) is 2.80. The van der Waals surface area contributed by atoms with Crippen LogP contribution in [0.3, 0.4) is 0 Å². The zero-order valence-corrected chi connectivity index (χ0v) is 8.60. The maximum absolute atomic E-state index is 5.69. The highest BCUT2D eigenvalue weighted by molar-refractivity contribution is 7.71. The first-order valence-corrected chi connectivity index (χ1v) is 4.86. The van der Waals surface area contributed by atoms with Crippen LogP contribution in [0.5, 0.6) is 0 Å². The minimum absolute atomic E-state index is 0.118. The van der Waals surface area contributed by atoms with E-state index in [1.807, 2.05) is 11.6 Å². The van der Waals surface area contributed by atoms with Gasteiger partial charge in [0.1, 0.15) is 6.10 Å². The summed E-state index contributed by atoms with van der Waals surface area (Å²) in [7, 11) is 1.91. The molecule has 0 radical (unpaired) electrons. The Kier molecular flexibility index (Phi) is 2.21. The third-order valence-electron chi connectivity index (χ3n) is 2.43. The molecule has 1 aliphatic heterocycles. The van der Waals surface area contributed by atoms with E-state index in [0.717, 1.165) is 18.7 Å². The van der Waals surface area contributed by atoms with E-state index in [1.165, 1.54) is 0 Å². The summed E-state index contributed by atoms with van der Waals surface area (Å²) in [6.45, 7) is 2.08. The summed E-state index contributed by atoms with van der Waals surface area (Å²) in [6, 6.07) is 0. The normalized spacial score (nSPS) is 28.2. The van der Waals surface area contributed by atoms with Crippen molar-refractivity contribution in [3.63, 3.8) is 0 Å². The molecule has 1 saturated heterocycles. The molecule has 0 aliphatic carbocycles. The minimum atomic E-state index is 0.118. The Hall–Kier alpha value is -0.680. The molecule has 0 bridgehead atoms. The zero-order valence-electron chi connectivity index (χ0n) is 7.78. The molecule has 4 nitrogen and oxygen atoms in total. The minimum Gasteiger partial charge on any atom is -0.367 e. The zero-order chi connectivity index (χ0) is 9.42. The number of H-pyrrole nitrogens is 1. The second kappa shape index (κ2) is 3.23. The van der Waals surface area contributed by atoms with E-state index in [-0.39, 0.29) is 6.10 Å². The molecule has 0 amide bonds. The topological polar surface area (TPSA) is 42.8 Å². The average molecular weight is 199 g/mol. The van der Waals surface area contributed by atoms with Crippen molar-refractivity contribution < 1.29 is 4.74 Å². The van der Waals surface area contributed by atoms with Crippen molar-refractivity contribution in [2.75, 3.05) is 0 Å². The fourth-order valence-electron chi connectivity index (χ4n) is 1.64. The van der Waals surface area contributed by atoms with Crippen LogP contribution in [0.25, 0.3) is 0 Å². The summed E-state index contributed by atoms with van der Waals surface area (Å²) in [5.74, 6) is 0.911. The fraction of sp³-hybridized carbons (Fsp3) is 0.750. The van der Waals surface area contributed by atoms with Crippen molar-refractivity contribution in [2.24, 2.45) is 7.05 Å². The smallest absolute Gasteiger partial charge is 0.194 e. The Balaban J connectivity index is 2.26. The number of aromatic amines is 1. The van der Waals surface area contributed by atoms with Gasteiger partial charge in [-0.25, -0.2) is 0 Å². The predicted molar refractivity (Wildman–Crippen MR) is 50.9 cm³/mol. The molecule has 2 unspecified atom stereocenters. The number of hydrogen-bond acceptors (Lipinski definition) is 3. The Bertz CT molecular complexity index is 357. The van der Waals surface area contributed by atoms with Crippen molar-refractivity contribution in [3.8, 4) is 0 Å². The van der Waals surface area contributed by atoms with Crippen LogP contribution in [0.2, 0.25) is 0 Å². The monoisotopic (exact) mass is 199 g/mol. The van der Waals surface area contributed by atoms with Gasteiger partial charge in [-0.2, -0.15) is 5.10 Å². The van der Waals surface area contributed by atoms with E-state index in [2.05, 4.69) is 17.1 Å². The first-order chi connectivity index (χ1) is 6.18. The molecule has 1 aromatic rings. The van der Waals surface area contributed by atoms with Gasteiger partial charge in [-0.3, -0.25) is 5.10 Å². The SMILES string of the molecule is CC1CCC(c2n[nH]c(=S)n2C)O1. The van der Waals surface area contributed by atoms with Crippen LogP contribution in [-0.2, 0) is 11.8 Å². The Morgan fingerprint density at radius 2 is 2.38 bits per heavy atom. The number of hydrogen-bond donors (Lipinski definition) is 1. The number of nitrogens with zero attached hydrogens (tertiary/aromatic N) is 2. The van der Waals surface area contributed by atoms with E-state index in [9.17, 15) is 0 Å². The third kappa shape index (κ3) is 1.53. The highest BCUT2D eigenvalue weighted by Crippen LogP contribution is 2.30. The first-order valence-electron chi connectivity index (χ1n) is 4.45. The second-order valence-corrected chi connectivity index (χ2v) is 3.85.